The standard InChI is InChI=1S/C13H18OSi/c1-9-10(2)14-13-8-11(15(3,4)5)6-7-12(9)13/h6-8H,1-5H3. The first-order valence-corrected chi connectivity index (χ1v) is 8.90. The number of fused-ring (bicyclic) bond motifs is 1. The fourth-order valence-corrected chi connectivity index (χ4v) is 2.96. The van der Waals surface area contributed by atoms with Crippen molar-refractivity contribution in [3.05, 3.63) is 29.5 Å². The summed E-state index contributed by atoms with van der Waals surface area (Å²) in [7, 11) is -1.22. The van der Waals surface area contributed by atoms with E-state index in [1.165, 1.54) is 16.1 Å². The summed E-state index contributed by atoms with van der Waals surface area (Å²) >= 11 is 0. The van der Waals surface area contributed by atoms with Crippen molar-refractivity contribution in [2.75, 3.05) is 0 Å². The van der Waals surface area contributed by atoms with E-state index in [-0.39, 0.29) is 0 Å². The van der Waals surface area contributed by atoms with Gasteiger partial charge in [0, 0.05) is 5.39 Å². The third kappa shape index (κ3) is 1.74. The van der Waals surface area contributed by atoms with Gasteiger partial charge in [-0.3, -0.25) is 0 Å². The second-order valence-electron chi connectivity index (χ2n) is 5.24. The minimum Gasteiger partial charge on any atom is -0.461 e. The first-order valence-electron chi connectivity index (χ1n) is 5.40. The van der Waals surface area contributed by atoms with Crippen LogP contribution in [0.1, 0.15) is 11.3 Å². The highest BCUT2D eigenvalue weighted by Gasteiger charge is 2.18. The largest absolute Gasteiger partial charge is 0.461 e. The van der Waals surface area contributed by atoms with E-state index >= 15 is 0 Å². The number of furan rings is 1. The lowest BCUT2D eigenvalue weighted by Gasteiger charge is -2.15. The second kappa shape index (κ2) is 3.24. The molecule has 0 aliphatic rings. The molecule has 1 aromatic heterocycles. The molecule has 0 aliphatic carbocycles. The fraction of sp³-hybridized carbons (Fsp3) is 0.385. The summed E-state index contributed by atoms with van der Waals surface area (Å²) in [6.07, 6.45) is 0. The van der Waals surface area contributed by atoms with Crippen LogP contribution in [0.4, 0.5) is 0 Å². The molecule has 0 aliphatic heterocycles. The monoisotopic (exact) mass is 218 g/mol. The summed E-state index contributed by atoms with van der Waals surface area (Å²) < 4.78 is 5.76. The maximum Gasteiger partial charge on any atom is 0.134 e. The Hall–Kier alpha value is -1.02. The third-order valence-corrected chi connectivity index (χ3v) is 5.09. The van der Waals surface area contributed by atoms with Crippen molar-refractivity contribution >= 4 is 24.2 Å². The predicted molar refractivity (Wildman–Crippen MR) is 68.7 cm³/mol. The van der Waals surface area contributed by atoms with E-state index in [9.17, 15) is 0 Å². The van der Waals surface area contributed by atoms with Crippen molar-refractivity contribution in [1.29, 1.82) is 0 Å². The Morgan fingerprint density at radius 3 is 2.33 bits per heavy atom. The SMILES string of the molecule is Cc1oc2cc([Si](C)(C)C)ccc2c1C. The van der Waals surface area contributed by atoms with E-state index in [1.54, 1.807) is 0 Å². The fourth-order valence-electron chi connectivity index (χ4n) is 1.81. The molecular weight excluding hydrogens is 200 g/mol. The van der Waals surface area contributed by atoms with E-state index in [1.807, 2.05) is 6.92 Å². The Morgan fingerprint density at radius 1 is 1.07 bits per heavy atom. The molecular formula is C13H18OSi. The molecule has 0 saturated heterocycles. The van der Waals surface area contributed by atoms with Crippen LogP contribution in [-0.2, 0) is 0 Å². The van der Waals surface area contributed by atoms with E-state index in [2.05, 4.69) is 44.8 Å². The molecule has 0 fully saturated rings. The molecule has 1 nitrogen and oxygen atoms in total. The van der Waals surface area contributed by atoms with E-state index in [0.29, 0.717) is 0 Å². The Balaban J connectivity index is 2.67. The van der Waals surface area contributed by atoms with Gasteiger partial charge in [-0.25, -0.2) is 0 Å². The summed E-state index contributed by atoms with van der Waals surface area (Å²) in [6, 6.07) is 6.69. The van der Waals surface area contributed by atoms with Gasteiger partial charge in [0.15, 0.2) is 0 Å². The molecule has 0 radical (unpaired) electrons. The maximum absolute atomic E-state index is 5.76. The number of aryl methyl sites for hydroxylation is 2. The highest BCUT2D eigenvalue weighted by molar-refractivity contribution is 6.88. The normalized spacial score (nSPS) is 12.3. The van der Waals surface area contributed by atoms with Crippen LogP contribution in [0.15, 0.2) is 22.6 Å². The van der Waals surface area contributed by atoms with E-state index < -0.39 is 8.07 Å². The van der Waals surface area contributed by atoms with Gasteiger partial charge in [0.2, 0.25) is 0 Å². The van der Waals surface area contributed by atoms with Crippen LogP contribution in [0.3, 0.4) is 0 Å². The zero-order chi connectivity index (χ0) is 11.2. The summed E-state index contributed by atoms with van der Waals surface area (Å²) in [4.78, 5) is 0. The molecule has 0 saturated carbocycles. The summed E-state index contributed by atoms with van der Waals surface area (Å²) in [5, 5.41) is 2.72. The highest BCUT2D eigenvalue weighted by Crippen LogP contribution is 2.24. The van der Waals surface area contributed by atoms with Gasteiger partial charge in [0.1, 0.15) is 11.3 Å². The van der Waals surface area contributed by atoms with Crippen LogP contribution in [0.25, 0.3) is 11.0 Å². The molecule has 0 unspecified atom stereocenters. The van der Waals surface area contributed by atoms with Crippen LogP contribution in [0, 0.1) is 13.8 Å². The first-order chi connectivity index (χ1) is 6.89. The van der Waals surface area contributed by atoms with E-state index in [4.69, 9.17) is 4.42 Å². The molecule has 0 N–H and O–H groups in total. The molecule has 2 rings (SSSR count). The minimum atomic E-state index is -1.22. The van der Waals surface area contributed by atoms with Crippen molar-refractivity contribution in [2.45, 2.75) is 33.5 Å². The minimum absolute atomic E-state index is 1.04. The van der Waals surface area contributed by atoms with Gasteiger partial charge >= 0.3 is 0 Å². The first kappa shape index (κ1) is 10.5. The molecule has 15 heavy (non-hydrogen) atoms. The zero-order valence-electron chi connectivity index (χ0n) is 10.1. The number of rotatable bonds is 1. The second-order valence-corrected chi connectivity index (χ2v) is 10.3. The lowest BCUT2D eigenvalue weighted by atomic mass is 10.1. The van der Waals surface area contributed by atoms with Gasteiger partial charge in [0.05, 0.1) is 8.07 Å². The summed E-state index contributed by atoms with van der Waals surface area (Å²) in [5.41, 5.74) is 2.32. The number of hydrogen-bond acceptors (Lipinski definition) is 1. The van der Waals surface area contributed by atoms with E-state index in [0.717, 1.165) is 11.3 Å². The maximum atomic E-state index is 5.76. The lowest BCUT2D eigenvalue weighted by Crippen LogP contribution is -2.37. The van der Waals surface area contributed by atoms with Crippen LogP contribution in [-0.4, -0.2) is 8.07 Å². The van der Waals surface area contributed by atoms with Gasteiger partial charge in [0.25, 0.3) is 0 Å². The molecule has 0 bridgehead atoms. The summed E-state index contributed by atoms with van der Waals surface area (Å²) in [5.74, 6) is 1.04. The Labute approximate surface area is 92.1 Å². The number of hydrogen-bond donors (Lipinski definition) is 0. The highest BCUT2D eigenvalue weighted by atomic mass is 28.3. The zero-order valence-corrected chi connectivity index (χ0v) is 11.1. The lowest BCUT2D eigenvalue weighted by molar-refractivity contribution is 0.575. The Morgan fingerprint density at radius 2 is 1.73 bits per heavy atom. The van der Waals surface area contributed by atoms with Gasteiger partial charge in [-0.05, 0) is 25.5 Å². The van der Waals surface area contributed by atoms with Gasteiger partial charge in [-0.2, -0.15) is 0 Å². The molecule has 0 atom stereocenters. The quantitative estimate of drug-likeness (QED) is 0.667. The average Bonchev–Trinajstić information content (AvgIpc) is 2.41. The topological polar surface area (TPSA) is 13.1 Å². The van der Waals surface area contributed by atoms with Crippen molar-refractivity contribution in [3.8, 4) is 0 Å². The van der Waals surface area contributed by atoms with Crippen molar-refractivity contribution in [2.24, 2.45) is 0 Å². The molecule has 1 heterocycles. The van der Waals surface area contributed by atoms with Crippen molar-refractivity contribution in [1.82, 2.24) is 0 Å². The molecule has 0 amide bonds. The molecule has 1 aromatic carbocycles. The molecule has 2 heteroatoms. The smallest absolute Gasteiger partial charge is 0.134 e. The van der Waals surface area contributed by atoms with Gasteiger partial charge < -0.3 is 4.42 Å². The Kier molecular flexibility index (Phi) is 2.27. The number of benzene rings is 1. The Bertz CT molecular complexity index is 503. The third-order valence-electron chi connectivity index (χ3n) is 3.04. The van der Waals surface area contributed by atoms with Gasteiger partial charge in [-0.1, -0.05) is 37.0 Å². The van der Waals surface area contributed by atoms with Gasteiger partial charge in [-0.15, -0.1) is 0 Å². The van der Waals surface area contributed by atoms with Crippen LogP contribution in [0.5, 0.6) is 0 Å². The molecule has 0 spiro atoms. The molecule has 2 aromatic rings. The van der Waals surface area contributed by atoms with Crippen molar-refractivity contribution < 1.29 is 4.42 Å². The van der Waals surface area contributed by atoms with Crippen LogP contribution < -0.4 is 5.19 Å². The predicted octanol–water partition coefficient (Wildman–Crippen LogP) is 3.59. The van der Waals surface area contributed by atoms with Crippen LogP contribution >= 0.6 is 0 Å². The summed E-state index contributed by atoms with van der Waals surface area (Å²) in [6.45, 7) is 11.2. The van der Waals surface area contributed by atoms with Crippen molar-refractivity contribution in [3.63, 3.8) is 0 Å². The average molecular weight is 218 g/mol. The van der Waals surface area contributed by atoms with Crippen LogP contribution in [0.2, 0.25) is 19.6 Å². The molecule has 80 valence electrons.